The molecule has 0 bridgehead atoms. The number of rotatable bonds is 7. The molecule has 3 aromatic rings. The van der Waals surface area contributed by atoms with Crippen molar-refractivity contribution in [2.24, 2.45) is 0 Å². The Labute approximate surface area is 211 Å². The van der Waals surface area contributed by atoms with Crippen molar-refractivity contribution < 1.29 is 29.3 Å². The van der Waals surface area contributed by atoms with Crippen LogP contribution in [0.5, 0.6) is 17.2 Å². The van der Waals surface area contributed by atoms with Gasteiger partial charge in [-0.2, -0.15) is 0 Å². The normalized spacial score (nSPS) is 17.0. The molecule has 7 nitrogen and oxygen atoms in total. The Hall–Kier alpha value is -3.78. The summed E-state index contributed by atoms with van der Waals surface area (Å²) in [6.45, 7) is 2.43. The Morgan fingerprint density at radius 1 is 1.06 bits per heavy atom. The molecule has 3 aromatic carbocycles. The lowest BCUT2D eigenvalue weighted by Crippen LogP contribution is -2.29. The standard InChI is InChI=1S/C27H24BrNO6/c1-3-35-19-11-7-10-17(12-19)24(30)22-23(18-13-20(28)25(31)21(14-18)34-2)29(27(33)26(22)32)15-16-8-5-4-6-9-16/h4-14,23,30-31H,3,15H2,1-2H3/b24-22+. The monoisotopic (exact) mass is 537 g/mol. The van der Waals surface area contributed by atoms with E-state index in [1.165, 1.54) is 12.0 Å². The molecule has 1 atom stereocenters. The van der Waals surface area contributed by atoms with Crippen LogP contribution in [0.25, 0.3) is 5.76 Å². The number of phenols is 1. The molecule has 4 rings (SSSR count). The van der Waals surface area contributed by atoms with Crippen molar-refractivity contribution in [1.29, 1.82) is 0 Å². The van der Waals surface area contributed by atoms with Crippen molar-refractivity contribution in [1.82, 2.24) is 4.90 Å². The fourth-order valence-electron chi connectivity index (χ4n) is 4.13. The first kappa shape index (κ1) is 24.3. The summed E-state index contributed by atoms with van der Waals surface area (Å²) >= 11 is 3.32. The Morgan fingerprint density at radius 3 is 2.49 bits per heavy atom. The molecule has 1 amide bonds. The predicted octanol–water partition coefficient (Wildman–Crippen LogP) is 5.18. The minimum Gasteiger partial charge on any atom is -0.507 e. The molecule has 2 N–H and O–H groups in total. The van der Waals surface area contributed by atoms with Crippen LogP contribution in [0.15, 0.2) is 76.8 Å². The molecule has 0 aliphatic carbocycles. The van der Waals surface area contributed by atoms with Gasteiger partial charge in [0.25, 0.3) is 11.7 Å². The Bertz CT molecular complexity index is 1300. The molecule has 0 saturated carbocycles. The number of aromatic hydroxyl groups is 1. The zero-order valence-electron chi connectivity index (χ0n) is 19.2. The molecule has 1 aliphatic rings. The SMILES string of the molecule is CCOc1cccc(/C(O)=C2\C(=O)C(=O)N(Cc3ccccc3)C2c2cc(Br)c(O)c(OC)c2)c1. The molecule has 8 heteroatoms. The van der Waals surface area contributed by atoms with Gasteiger partial charge in [-0.1, -0.05) is 42.5 Å². The van der Waals surface area contributed by atoms with Crippen LogP contribution in [0.3, 0.4) is 0 Å². The van der Waals surface area contributed by atoms with Crippen LogP contribution in [-0.2, 0) is 16.1 Å². The second-order valence-corrected chi connectivity index (χ2v) is 8.78. The smallest absolute Gasteiger partial charge is 0.295 e. The van der Waals surface area contributed by atoms with Crippen LogP contribution < -0.4 is 9.47 Å². The summed E-state index contributed by atoms with van der Waals surface area (Å²) in [5.74, 6) is -1.26. The van der Waals surface area contributed by atoms with Crippen molar-refractivity contribution in [2.45, 2.75) is 19.5 Å². The van der Waals surface area contributed by atoms with Crippen LogP contribution in [0.2, 0.25) is 0 Å². The highest BCUT2D eigenvalue weighted by Gasteiger charge is 2.46. The van der Waals surface area contributed by atoms with Gasteiger partial charge in [-0.15, -0.1) is 0 Å². The van der Waals surface area contributed by atoms with Crippen LogP contribution in [0.4, 0.5) is 0 Å². The van der Waals surface area contributed by atoms with Gasteiger partial charge in [0.05, 0.1) is 29.8 Å². The molecule has 1 unspecified atom stereocenters. The van der Waals surface area contributed by atoms with E-state index in [1.54, 1.807) is 36.4 Å². The first-order valence-electron chi connectivity index (χ1n) is 11.0. The van der Waals surface area contributed by atoms with E-state index in [2.05, 4.69) is 15.9 Å². The third-order valence-electron chi connectivity index (χ3n) is 5.74. The quantitative estimate of drug-likeness (QED) is 0.245. The second kappa shape index (κ2) is 10.2. The number of aliphatic hydroxyl groups excluding tert-OH is 1. The highest BCUT2D eigenvalue weighted by atomic mass is 79.9. The summed E-state index contributed by atoms with van der Waals surface area (Å²) in [5.41, 5.74) is 1.61. The number of halogens is 1. The fourth-order valence-corrected chi connectivity index (χ4v) is 4.59. The molecule has 1 aliphatic heterocycles. The maximum atomic E-state index is 13.3. The van der Waals surface area contributed by atoms with E-state index in [9.17, 15) is 19.8 Å². The summed E-state index contributed by atoms with van der Waals surface area (Å²) < 4.78 is 11.2. The van der Waals surface area contributed by atoms with Gasteiger partial charge in [0.15, 0.2) is 11.5 Å². The molecule has 35 heavy (non-hydrogen) atoms. The van der Waals surface area contributed by atoms with Crippen molar-refractivity contribution in [3.05, 3.63) is 93.5 Å². The lowest BCUT2D eigenvalue weighted by molar-refractivity contribution is -0.140. The number of benzene rings is 3. The van der Waals surface area contributed by atoms with E-state index in [0.717, 1.165) is 5.56 Å². The fraction of sp³-hybridized carbons (Fsp3) is 0.185. The number of aliphatic hydroxyl groups is 1. The topological polar surface area (TPSA) is 96.3 Å². The molecule has 1 fully saturated rings. The highest BCUT2D eigenvalue weighted by molar-refractivity contribution is 9.10. The number of likely N-dealkylation sites (tertiary alicyclic amines) is 1. The number of carbonyl (C=O) groups excluding carboxylic acids is 2. The van der Waals surface area contributed by atoms with Crippen LogP contribution in [0, 0.1) is 0 Å². The zero-order valence-corrected chi connectivity index (χ0v) is 20.8. The number of ether oxygens (including phenoxy) is 2. The van der Waals surface area contributed by atoms with Gasteiger partial charge >= 0.3 is 0 Å². The third kappa shape index (κ3) is 4.74. The van der Waals surface area contributed by atoms with Gasteiger partial charge < -0.3 is 24.6 Å². The van der Waals surface area contributed by atoms with Gasteiger partial charge in [-0.3, -0.25) is 9.59 Å². The van der Waals surface area contributed by atoms with E-state index < -0.39 is 17.7 Å². The third-order valence-corrected chi connectivity index (χ3v) is 6.35. The van der Waals surface area contributed by atoms with E-state index >= 15 is 0 Å². The summed E-state index contributed by atoms with van der Waals surface area (Å²) in [7, 11) is 1.41. The number of carbonyl (C=O) groups is 2. The molecule has 180 valence electrons. The summed E-state index contributed by atoms with van der Waals surface area (Å²) in [6.07, 6.45) is 0. The van der Waals surface area contributed by atoms with E-state index in [-0.39, 0.29) is 29.4 Å². The van der Waals surface area contributed by atoms with Gasteiger partial charge in [-0.25, -0.2) is 0 Å². The molecule has 0 spiro atoms. The van der Waals surface area contributed by atoms with Gasteiger partial charge in [-0.05, 0) is 58.2 Å². The summed E-state index contributed by atoms with van der Waals surface area (Å²) in [6, 6.07) is 18.2. The van der Waals surface area contributed by atoms with E-state index in [0.29, 0.717) is 28.0 Å². The van der Waals surface area contributed by atoms with Gasteiger partial charge in [0, 0.05) is 12.1 Å². The van der Waals surface area contributed by atoms with Gasteiger partial charge in [0.2, 0.25) is 0 Å². The predicted molar refractivity (Wildman–Crippen MR) is 134 cm³/mol. The number of hydrogen-bond acceptors (Lipinski definition) is 6. The van der Waals surface area contributed by atoms with Crippen molar-refractivity contribution in [2.75, 3.05) is 13.7 Å². The number of Topliss-reactive ketones (excluding diaryl/α,β-unsaturated/α-hetero) is 1. The van der Waals surface area contributed by atoms with Crippen molar-refractivity contribution >= 4 is 33.4 Å². The number of amides is 1. The van der Waals surface area contributed by atoms with Crippen molar-refractivity contribution in [3.63, 3.8) is 0 Å². The van der Waals surface area contributed by atoms with Crippen LogP contribution >= 0.6 is 15.9 Å². The maximum absolute atomic E-state index is 13.3. The molecule has 0 aromatic heterocycles. The van der Waals surface area contributed by atoms with E-state index in [1.807, 2.05) is 37.3 Å². The van der Waals surface area contributed by atoms with Gasteiger partial charge in [0.1, 0.15) is 11.5 Å². The first-order chi connectivity index (χ1) is 16.8. The minimum absolute atomic E-state index is 0.0563. The highest BCUT2D eigenvalue weighted by Crippen LogP contribution is 2.45. The molecular weight excluding hydrogens is 514 g/mol. The molecule has 1 saturated heterocycles. The largest absolute Gasteiger partial charge is 0.507 e. The minimum atomic E-state index is -0.920. The number of nitrogens with zero attached hydrogens (tertiary/aromatic N) is 1. The Morgan fingerprint density at radius 2 is 1.80 bits per heavy atom. The Balaban J connectivity index is 1.91. The summed E-state index contributed by atoms with van der Waals surface area (Å²) in [4.78, 5) is 27.9. The first-order valence-corrected chi connectivity index (χ1v) is 11.8. The van der Waals surface area contributed by atoms with Crippen molar-refractivity contribution in [3.8, 4) is 17.2 Å². The number of phenolic OH excluding ortho intramolecular Hbond substituents is 1. The van der Waals surface area contributed by atoms with E-state index in [4.69, 9.17) is 9.47 Å². The Kier molecular flexibility index (Phi) is 7.12. The molecular formula is C27H24BrNO6. The zero-order chi connectivity index (χ0) is 25.1. The number of hydrogen-bond donors (Lipinski definition) is 2. The summed E-state index contributed by atoms with van der Waals surface area (Å²) in [5, 5.41) is 21.6. The number of ketones is 1. The van der Waals surface area contributed by atoms with Crippen LogP contribution in [-0.4, -0.2) is 40.5 Å². The average molecular weight is 538 g/mol. The lowest BCUT2D eigenvalue weighted by atomic mass is 9.94. The maximum Gasteiger partial charge on any atom is 0.295 e. The number of methoxy groups -OCH3 is 1. The second-order valence-electron chi connectivity index (χ2n) is 7.93. The molecule has 1 heterocycles. The molecule has 0 radical (unpaired) electrons. The average Bonchev–Trinajstić information content (AvgIpc) is 3.11. The lowest BCUT2D eigenvalue weighted by Gasteiger charge is -2.26. The van der Waals surface area contributed by atoms with Crippen LogP contribution in [0.1, 0.15) is 29.7 Å².